The molecule has 0 aliphatic heterocycles. The average Bonchev–Trinajstić information content (AvgIpc) is 2.54. The SMILES string of the molecule is Cc1sc(Br)cc1CCC(C)CCNC(C)C. The second-order valence-electron chi connectivity index (χ2n) is 5.17. The quantitative estimate of drug-likeness (QED) is 0.763. The molecule has 1 aromatic heterocycles. The lowest BCUT2D eigenvalue weighted by atomic mass is 9.98. The van der Waals surface area contributed by atoms with E-state index in [0.717, 1.165) is 12.5 Å². The van der Waals surface area contributed by atoms with Gasteiger partial charge in [-0.1, -0.05) is 20.8 Å². The van der Waals surface area contributed by atoms with E-state index >= 15 is 0 Å². The predicted molar refractivity (Wildman–Crippen MR) is 82.0 cm³/mol. The largest absolute Gasteiger partial charge is 0.315 e. The molecule has 0 aromatic carbocycles. The summed E-state index contributed by atoms with van der Waals surface area (Å²) in [4.78, 5) is 1.46. The molecular formula is C14H24BrNS. The molecule has 0 aliphatic carbocycles. The summed E-state index contributed by atoms with van der Waals surface area (Å²) in [6, 6.07) is 2.89. The molecule has 0 saturated carbocycles. The third-order valence-electron chi connectivity index (χ3n) is 3.09. The van der Waals surface area contributed by atoms with Gasteiger partial charge in [0.15, 0.2) is 0 Å². The number of rotatable bonds is 7. The van der Waals surface area contributed by atoms with Crippen molar-refractivity contribution in [3.05, 3.63) is 20.3 Å². The second kappa shape index (κ2) is 7.55. The molecule has 1 N–H and O–H groups in total. The lowest BCUT2D eigenvalue weighted by molar-refractivity contribution is 0.454. The van der Waals surface area contributed by atoms with Gasteiger partial charge < -0.3 is 5.32 Å². The Morgan fingerprint density at radius 2 is 2.00 bits per heavy atom. The fourth-order valence-corrected chi connectivity index (χ4v) is 3.68. The molecule has 0 radical (unpaired) electrons. The summed E-state index contributed by atoms with van der Waals surface area (Å²) in [6.07, 6.45) is 3.79. The molecule has 3 heteroatoms. The van der Waals surface area contributed by atoms with Crippen LogP contribution in [0.25, 0.3) is 0 Å². The maximum atomic E-state index is 3.56. The highest BCUT2D eigenvalue weighted by molar-refractivity contribution is 9.11. The van der Waals surface area contributed by atoms with Crippen molar-refractivity contribution in [2.45, 2.75) is 53.0 Å². The number of aryl methyl sites for hydroxylation is 2. The Hall–Kier alpha value is 0.140. The summed E-state index contributed by atoms with van der Waals surface area (Å²) < 4.78 is 1.26. The molecule has 98 valence electrons. The second-order valence-corrected chi connectivity index (χ2v) is 7.81. The maximum Gasteiger partial charge on any atom is 0.0704 e. The Bertz CT molecular complexity index is 333. The van der Waals surface area contributed by atoms with Crippen LogP contribution in [0.3, 0.4) is 0 Å². The van der Waals surface area contributed by atoms with E-state index in [1.807, 2.05) is 11.3 Å². The summed E-state index contributed by atoms with van der Waals surface area (Å²) in [5, 5.41) is 3.48. The van der Waals surface area contributed by atoms with E-state index in [0.29, 0.717) is 6.04 Å². The third kappa shape index (κ3) is 6.03. The molecule has 1 atom stereocenters. The van der Waals surface area contributed by atoms with Crippen LogP contribution in [0.1, 0.15) is 44.1 Å². The van der Waals surface area contributed by atoms with E-state index in [4.69, 9.17) is 0 Å². The minimum Gasteiger partial charge on any atom is -0.315 e. The molecule has 0 fully saturated rings. The molecule has 1 nitrogen and oxygen atoms in total. The number of thiophene rings is 1. The Kier molecular flexibility index (Phi) is 6.75. The predicted octanol–water partition coefficient (Wildman–Crippen LogP) is 4.78. The molecule has 0 aliphatic rings. The first-order valence-corrected chi connectivity index (χ1v) is 8.08. The van der Waals surface area contributed by atoms with Crippen LogP contribution in [0, 0.1) is 12.8 Å². The van der Waals surface area contributed by atoms with Crippen molar-refractivity contribution in [3.8, 4) is 0 Å². The molecule has 1 rings (SSSR count). The lowest BCUT2D eigenvalue weighted by Crippen LogP contribution is -2.24. The fraction of sp³-hybridized carbons (Fsp3) is 0.714. The standard InChI is InChI=1S/C14H24BrNS/c1-10(2)16-8-7-11(3)5-6-13-9-14(15)17-12(13)4/h9-11,16H,5-8H2,1-4H3. The van der Waals surface area contributed by atoms with Crippen LogP contribution in [0.2, 0.25) is 0 Å². The lowest BCUT2D eigenvalue weighted by Gasteiger charge is -2.13. The summed E-state index contributed by atoms with van der Waals surface area (Å²) >= 11 is 5.40. The van der Waals surface area contributed by atoms with Crippen molar-refractivity contribution in [1.82, 2.24) is 5.32 Å². The van der Waals surface area contributed by atoms with Crippen LogP contribution in [0.4, 0.5) is 0 Å². The van der Waals surface area contributed by atoms with Crippen LogP contribution >= 0.6 is 27.3 Å². The van der Waals surface area contributed by atoms with E-state index in [1.54, 1.807) is 0 Å². The molecule has 1 aromatic rings. The van der Waals surface area contributed by atoms with E-state index in [9.17, 15) is 0 Å². The summed E-state index contributed by atoms with van der Waals surface area (Å²) in [6.45, 7) is 10.1. The van der Waals surface area contributed by atoms with E-state index in [1.165, 1.54) is 33.5 Å². The van der Waals surface area contributed by atoms with Gasteiger partial charge in [0, 0.05) is 10.9 Å². The average molecular weight is 318 g/mol. The highest BCUT2D eigenvalue weighted by atomic mass is 79.9. The van der Waals surface area contributed by atoms with Crippen molar-refractivity contribution in [2.75, 3.05) is 6.54 Å². The zero-order valence-electron chi connectivity index (χ0n) is 11.3. The number of hydrogen-bond acceptors (Lipinski definition) is 2. The number of hydrogen-bond donors (Lipinski definition) is 1. The van der Waals surface area contributed by atoms with Crippen molar-refractivity contribution >= 4 is 27.3 Å². The van der Waals surface area contributed by atoms with Crippen LogP contribution in [-0.2, 0) is 6.42 Å². The minimum atomic E-state index is 0.609. The van der Waals surface area contributed by atoms with Gasteiger partial charge in [-0.05, 0) is 66.2 Å². The van der Waals surface area contributed by atoms with Crippen molar-refractivity contribution < 1.29 is 0 Å². The van der Waals surface area contributed by atoms with Crippen LogP contribution in [0.5, 0.6) is 0 Å². The Labute approximate surface area is 118 Å². The first-order valence-electron chi connectivity index (χ1n) is 6.47. The van der Waals surface area contributed by atoms with Gasteiger partial charge in [-0.25, -0.2) is 0 Å². The normalized spacial score (nSPS) is 13.3. The first kappa shape index (κ1) is 15.2. The molecule has 1 unspecified atom stereocenters. The monoisotopic (exact) mass is 317 g/mol. The van der Waals surface area contributed by atoms with Crippen LogP contribution in [-0.4, -0.2) is 12.6 Å². The van der Waals surface area contributed by atoms with Gasteiger partial charge >= 0.3 is 0 Å². The molecule has 0 amide bonds. The maximum absolute atomic E-state index is 3.56. The molecule has 1 heterocycles. The smallest absolute Gasteiger partial charge is 0.0704 e. The zero-order valence-corrected chi connectivity index (χ0v) is 13.7. The Morgan fingerprint density at radius 1 is 1.29 bits per heavy atom. The van der Waals surface area contributed by atoms with Gasteiger partial charge in [-0.15, -0.1) is 11.3 Å². The molecule has 0 saturated heterocycles. The Balaban J connectivity index is 2.23. The molecule has 0 bridgehead atoms. The summed E-state index contributed by atoms with van der Waals surface area (Å²) in [5.41, 5.74) is 1.52. The molecular weight excluding hydrogens is 294 g/mol. The van der Waals surface area contributed by atoms with Crippen molar-refractivity contribution in [2.24, 2.45) is 5.92 Å². The van der Waals surface area contributed by atoms with Gasteiger partial charge in [0.2, 0.25) is 0 Å². The van der Waals surface area contributed by atoms with E-state index < -0.39 is 0 Å². The van der Waals surface area contributed by atoms with Gasteiger partial charge in [-0.3, -0.25) is 0 Å². The van der Waals surface area contributed by atoms with Gasteiger partial charge in [-0.2, -0.15) is 0 Å². The van der Waals surface area contributed by atoms with Gasteiger partial charge in [0.05, 0.1) is 3.79 Å². The van der Waals surface area contributed by atoms with Crippen LogP contribution in [0.15, 0.2) is 9.85 Å². The number of halogens is 1. The van der Waals surface area contributed by atoms with Crippen molar-refractivity contribution in [1.29, 1.82) is 0 Å². The van der Waals surface area contributed by atoms with Gasteiger partial charge in [0.1, 0.15) is 0 Å². The van der Waals surface area contributed by atoms with E-state index in [2.05, 4.69) is 55.0 Å². The summed E-state index contributed by atoms with van der Waals surface area (Å²) in [5.74, 6) is 0.805. The first-order chi connectivity index (χ1) is 7.99. The zero-order chi connectivity index (χ0) is 12.8. The topological polar surface area (TPSA) is 12.0 Å². The summed E-state index contributed by atoms with van der Waals surface area (Å²) in [7, 11) is 0. The highest BCUT2D eigenvalue weighted by Gasteiger charge is 2.07. The van der Waals surface area contributed by atoms with Crippen LogP contribution < -0.4 is 5.32 Å². The number of nitrogens with one attached hydrogen (secondary N) is 1. The molecule has 17 heavy (non-hydrogen) atoms. The van der Waals surface area contributed by atoms with E-state index in [-0.39, 0.29) is 0 Å². The fourth-order valence-electron chi connectivity index (χ4n) is 1.89. The Morgan fingerprint density at radius 3 is 2.53 bits per heavy atom. The minimum absolute atomic E-state index is 0.609. The molecule has 0 spiro atoms. The van der Waals surface area contributed by atoms with Crippen molar-refractivity contribution in [3.63, 3.8) is 0 Å². The highest BCUT2D eigenvalue weighted by Crippen LogP contribution is 2.28. The van der Waals surface area contributed by atoms with Gasteiger partial charge in [0.25, 0.3) is 0 Å². The third-order valence-corrected chi connectivity index (χ3v) is 4.68.